The van der Waals surface area contributed by atoms with Crippen molar-refractivity contribution in [3.05, 3.63) is 91.6 Å². The molecule has 0 radical (unpaired) electrons. The zero-order valence-corrected chi connectivity index (χ0v) is 13.4. The molecule has 120 valence electrons. The molecular formula is C21H15N3O. The highest BCUT2D eigenvalue weighted by atomic mass is 16.5. The van der Waals surface area contributed by atoms with Gasteiger partial charge in [-0.1, -0.05) is 60.7 Å². The maximum atomic E-state index is 6.01. The van der Waals surface area contributed by atoms with E-state index in [0.717, 1.165) is 22.3 Å². The molecule has 4 heteroatoms. The molecular weight excluding hydrogens is 310 g/mol. The molecule has 2 aromatic carbocycles. The third-order valence-corrected chi connectivity index (χ3v) is 3.80. The highest BCUT2D eigenvalue weighted by molar-refractivity contribution is 5.68. The summed E-state index contributed by atoms with van der Waals surface area (Å²) in [5.74, 6) is 1.14. The average Bonchev–Trinajstić information content (AvgIpc) is 2.70. The zero-order chi connectivity index (χ0) is 16.9. The zero-order valence-electron chi connectivity index (χ0n) is 13.4. The molecule has 0 aliphatic carbocycles. The van der Waals surface area contributed by atoms with Crippen molar-refractivity contribution < 1.29 is 4.74 Å². The quantitative estimate of drug-likeness (QED) is 0.530. The van der Waals surface area contributed by atoms with Crippen LogP contribution in [0, 0.1) is 0 Å². The van der Waals surface area contributed by atoms with Crippen molar-refractivity contribution in [2.24, 2.45) is 0 Å². The number of hydrogen-bond acceptors (Lipinski definition) is 4. The molecule has 4 aromatic rings. The van der Waals surface area contributed by atoms with E-state index in [4.69, 9.17) is 4.74 Å². The van der Waals surface area contributed by atoms with Gasteiger partial charge in [0.1, 0.15) is 12.1 Å². The van der Waals surface area contributed by atoms with E-state index >= 15 is 0 Å². The Morgan fingerprint density at radius 2 is 1.36 bits per heavy atom. The van der Waals surface area contributed by atoms with Crippen molar-refractivity contribution in [3.63, 3.8) is 0 Å². The Labute approximate surface area is 145 Å². The van der Waals surface area contributed by atoms with Crippen LogP contribution in [0.5, 0.6) is 11.6 Å². The standard InChI is InChI=1S/C21H15N3O/c1-3-7-16(8-4-1)18-11-19(13-22-12-18)25-21-20(14-23-15-24-21)17-9-5-2-6-10-17/h1-15H. The van der Waals surface area contributed by atoms with Gasteiger partial charge in [0.15, 0.2) is 0 Å². The highest BCUT2D eigenvalue weighted by Gasteiger charge is 2.10. The first-order chi connectivity index (χ1) is 12.4. The first kappa shape index (κ1) is 15.0. The number of aromatic nitrogens is 3. The van der Waals surface area contributed by atoms with E-state index < -0.39 is 0 Å². The molecule has 4 nitrogen and oxygen atoms in total. The van der Waals surface area contributed by atoms with Gasteiger partial charge in [0.2, 0.25) is 5.88 Å². The molecule has 2 aromatic heterocycles. The monoisotopic (exact) mass is 325 g/mol. The molecule has 4 rings (SSSR count). The van der Waals surface area contributed by atoms with Crippen molar-refractivity contribution in [1.82, 2.24) is 15.0 Å². The van der Waals surface area contributed by atoms with Crippen LogP contribution in [0.25, 0.3) is 22.3 Å². The van der Waals surface area contributed by atoms with Crippen LogP contribution in [-0.4, -0.2) is 15.0 Å². The fourth-order valence-corrected chi connectivity index (χ4v) is 2.59. The number of hydrogen-bond donors (Lipinski definition) is 0. The molecule has 0 aliphatic rings. The maximum Gasteiger partial charge on any atom is 0.230 e. The lowest BCUT2D eigenvalue weighted by molar-refractivity contribution is 0.461. The molecule has 0 unspecified atom stereocenters. The number of benzene rings is 2. The van der Waals surface area contributed by atoms with E-state index in [9.17, 15) is 0 Å². The van der Waals surface area contributed by atoms with Crippen LogP contribution >= 0.6 is 0 Å². The molecule has 0 spiro atoms. The van der Waals surface area contributed by atoms with Crippen LogP contribution in [0.1, 0.15) is 0 Å². The van der Waals surface area contributed by atoms with E-state index in [1.807, 2.05) is 72.9 Å². The fraction of sp³-hybridized carbons (Fsp3) is 0. The Morgan fingerprint density at radius 1 is 0.640 bits per heavy atom. The third kappa shape index (κ3) is 3.38. The van der Waals surface area contributed by atoms with Crippen LogP contribution in [0.4, 0.5) is 0 Å². The molecule has 0 bridgehead atoms. The Balaban J connectivity index is 1.68. The van der Waals surface area contributed by atoms with Crippen molar-refractivity contribution in [1.29, 1.82) is 0 Å². The SMILES string of the molecule is c1ccc(-c2cncc(Oc3ncncc3-c3ccccc3)c2)cc1. The second-order valence-corrected chi connectivity index (χ2v) is 5.48. The molecule has 0 fully saturated rings. The first-order valence-electron chi connectivity index (χ1n) is 7.94. The Kier molecular flexibility index (Phi) is 4.16. The van der Waals surface area contributed by atoms with Crippen LogP contribution < -0.4 is 4.74 Å². The molecule has 0 N–H and O–H groups in total. The van der Waals surface area contributed by atoms with Crippen LogP contribution in [-0.2, 0) is 0 Å². The van der Waals surface area contributed by atoms with Crippen LogP contribution in [0.2, 0.25) is 0 Å². The van der Waals surface area contributed by atoms with Gasteiger partial charge < -0.3 is 4.74 Å². The molecule has 25 heavy (non-hydrogen) atoms. The minimum Gasteiger partial charge on any atom is -0.437 e. The largest absolute Gasteiger partial charge is 0.437 e. The lowest BCUT2D eigenvalue weighted by atomic mass is 10.1. The lowest BCUT2D eigenvalue weighted by Crippen LogP contribution is -1.93. The summed E-state index contributed by atoms with van der Waals surface area (Å²) >= 11 is 0. The van der Waals surface area contributed by atoms with Gasteiger partial charge in [-0.3, -0.25) is 4.98 Å². The summed E-state index contributed by atoms with van der Waals surface area (Å²) in [4.78, 5) is 12.7. The maximum absolute atomic E-state index is 6.01. The molecule has 2 heterocycles. The Morgan fingerprint density at radius 3 is 2.12 bits per heavy atom. The van der Waals surface area contributed by atoms with Gasteiger partial charge in [0.05, 0.1) is 11.8 Å². The second kappa shape index (κ2) is 6.93. The van der Waals surface area contributed by atoms with E-state index in [1.54, 1.807) is 12.4 Å². The second-order valence-electron chi connectivity index (χ2n) is 5.48. The number of ether oxygens (including phenoxy) is 1. The first-order valence-corrected chi connectivity index (χ1v) is 7.94. The van der Waals surface area contributed by atoms with Crippen LogP contribution in [0.3, 0.4) is 0 Å². The summed E-state index contributed by atoms with van der Waals surface area (Å²) in [5.41, 5.74) is 3.93. The summed E-state index contributed by atoms with van der Waals surface area (Å²) in [6.45, 7) is 0. The highest BCUT2D eigenvalue weighted by Crippen LogP contribution is 2.31. The minimum atomic E-state index is 0.508. The summed E-state index contributed by atoms with van der Waals surface area (Å²) < 4.78 is 6.01. The van der Waals surface area contributed by atoms with E-state index in [0.29, 0.717) is 11.6 Å². The van der Waals surface area contributed by atoms with Crippen LogP contribution in [0.15, 0.2) is 91.6 Å². The predicted octanol–water partition coefficient (Wildman–Crippen LogP) is 5.00. The molecule has 0 amide bonds. The number of rotatable bonds is 4. The van der Waals surface area contributed by atoms with Crippen molar-refractivity contribution in [3.8, 4) is 33.9 Å². The van der Waals surface area contributed by atoms with Gasteiger partial charge >= 0.3 is 0 Å². The summed E-state index contributed by atoms with van der Waals surface area (Å²) in [6.07, 6.45) is 6.74. The lowest BCUT2D eigenvalue weighted by Gasteiger charge is -2.10. The molecule has 0 atom stereocenters. The van der Waals surface area contributed by atoms with Gasteiger partial charge in [-0.05, 0) is 17.2 Å². The van der Waals surface area contributed by atoms with Crippen molar-refractivity contribution >= 4 is 0 Å². The van der Waals surface area contributed by atoms with Gasteiger partial charge in [-0.2, -0.15) is 0 Å². The van der Waals surface area contributed by atoms with Crippen molar-refractivity contribution in [2.75, 3.05) is 0 Å². The van der Waals surface area contributed by atoms with E-state index in [1.165, 1.54) is 6.33 Å². The topological polar surface area (TPSA) is 47.9 Å². The van der Waals surface area contributed by atoms with Gasteiger partial charge in [-0.15, -0.1) is 0 Å². The Bertz CT molecular complexity index is 972. The smallest absolute Gasteiger partial charge is 0.230 e. The Hall–Kier alpha value is -3.53. The summed E-state index contributed by atoms with van der Waals surface area (Å²) in [6, 6.07) is 22.0. The molecule has 0 saturated heterocycles. The van der Waals surface area contributed by atoms with Gasteiger partial charge in [0, 0.05) is 18.0 Å². The fourth-order valence-electron chi connectivity index (χ4n) is 2.59. The molecule has 0 aliphatic heterocycles. The normalized spacial score (nSPS) is 10.4. The minimum absolute atomic E-state index is 0.508. The molecule has 0 saturated carbocycles. The van der Waals surface area contributed by atoms with Gasteiger partial charge in [0.25, 0.3) is 0 Å². The third-order valence-electron chi connectivity index (χ3n) is 3.80. The predicted molar refractivity (Wildman–Crippen MR) is 97.2 cm³/mol. The van der Waals surface area contributed by atoms with E-state index in [2.05, 4.69) is 15.0 Å². The average molecular weight is 325 g/mol. The van der Waals surface area contributed by atoms with Gasteiger partial charge in [-0.25, -0.2) is 9.97 Å². The number of nitrogens with zero attached hydrogens (tertiary/aromatic N) is 3. The summed E-state index contributed by atoms with van der Waals surface area (Å²) in [7, 11) is 0. The summed E-state index contributed by atoms with van der Waals surface area (Å²) in [5, 5.41) is 0. The van der Waals surface area contributed by atoms with E-state index in [-0.39, 0.29) is 0 Å². The van der Waals surface area contributed by atoms with Crippen molar-refractivity contribution in [2.45, 2.75) is 0 Å². The number of pyridine rings is 1.